The number of hydrogen-bond acceptors (Lipinski definition) is 7. The number of halogens is 1. The first-order valence-electron chi connectivity index (χ1n) is 9.40. The summed E-state index contributed by atoms with van der Waals surface area (Å²) in [7, 11) is 0. The van der Waals surface area contributed by atoms with Crippen LogP contribution in [0.15, 0.2) is 61.2 Å². The maximum atomic E-state index is 14.6. The van der Waals surface area contributed by atoms with Crippen LogP contribution in [-0.2, 0) is 0 Å². The van der Waals surface area contributed by atoms with Crippen LogP contribution >= 0.6 is 0 Å². The van der Waals surface area contributed by atoms with E-state index in [4.69, 9.17) is 4.74 Å². The summed E-state index contributed by atoms with van der Waals surface area (Å²) in [6, 6.07) is 11.0. The molecule has 0 fully saturated rings. The lowest BCUT2D eigenvalue weighted by atomic mass is 10.0. The van der Waals surface area contributed by atoms with Gasteiger partial charge in [0.25, 0.3) is 0 Å². The zero-order valence-electron chi connectivity index (χ0n) is 16.7. The van der Waals surface area contributed by atoms with Crippen molar-refractivity contribution in [3.8, 4) is 22.6 Å². The Balaban J connectivity index is 1.63. The second-order valence-corrected chi connectivity index (χ2v) is 6.82. The molecular weight excluding hydrogens is 401 g/mol. The van der Waals surface area contributed by atoms with Gasteiger partial charge in [-0.15, -0.1) is 5.10 Å². The summed E-state index contributed by atoms with van der Waals surface area (Å²) in [5.74, 6) is 0.255. The Bertz CT molecular complexity index is 1200. The first kappa shape index (κ1) is 20.1. The normalized spacial score (nSPS) is 11.7. The third-order valence-corrected chi connectivity index (χ3v) is 4.46. The van der Waals surface area contributed by atoms with Crippen molar-refractivity contribution in [3.63, 3.8) is 0 Å². The van der Waals surface area contributed by atoms with E-state index in [2.05, 4.69) is 30.8 Å². The molecule has 2 heterocycles. The fourth-order valence-corrected chi connectivity index (χ4v) is 2.98. The summed E-state index contributed by atoms with van der Waals surface area (Å²) in [6.07, 6.45) is 3.86. The molecule has 156 valence electrons. The van der Waals surface area contributed by atoms with E-state index < -0.39 is 12.1 Å². The number of carbonyl (C=O) groups is 1. The number of amides is 1. The number of nitrogens with zero attached hydrogens (tertiary/aromatic N) is 6. The van der Waals surface area contributed by atoms with E-state index in [1.165, 1.54) is 17.1 Å². The molecule has 0 saturated heterocycles. The Hall–Kier alpha value is -4.21. The molecule has 31 heavy (non-hydrogen) atoms. The van der Waals surface area contributed by atoms with Crippen molar-refractivity contribution in [3.05, 3.63) is 78.4 Å². The number of benzene rings is 2. The van der Waals surface area contributed by atoms with Gasteiger partial charge < -0.3 is 10.1 Å². The molecule has 0 radical (unpaired) electrons. The topological polar surface area (TPSA) is 108 Å². The lowest BCUT2D eigenvalue weighted by Gasteiger charge is -2.14. The molecule has 0 aliphatic heterocycles. The van der Waals surface area contributed by atoms with Gasteiger partial charge in [-0.2, -0.15) is 0 Å². The minimum Gasteiger partial charge on any atom is -0.410 e. The molecule has 1 unspecified atom stereocenters. The van der Waals surface area contributed by atoms with Gasteiger partial charge in [0.1, 0.15) is 23.7 Å². The summed E-state index contributed by atoms with van der Waals surface area (Å²) in [6.45, 7) is 3.54. The minimum absolute atomic E-state index is 0.196. The van der Waals surface area contributed by atoms with Gasteiger partial charge in [0.2, 0.25) is 0 Å². The molecule has 2 aromatic carbocycles. The van der Waals surface area contributed by atoms with Crippen molar-refractivity contribution in [2.75, 3.05) is 0 Å². The van der Waals surface area contributed by atoms with E-state index in [0.717, 1.165) is 5.56 Å². The highest BCUT2D eigenvalue weighted by atomic mass is 19.1. The van der Waals surface area contributed by atoms with Crippen LogP contribution in [0.2, 0.25) is 0 Å². The summed E-state index contributed by atoms with van der Waals surface area (Å²) < 4.78 is 21.4. The molecule has 10 heteroatoms. The van der Waals surface area contributed by atoms with Gasteiger partial charge in [-0.05, 0) is 59.7 Å². The summed E-state index contributed by atoms with van der Waals surface area (Å²) in [5.41, 5.74) is 2.17. The van der Waals surface area contributed by atoms with Crippen LogP contribution in [0.5, 0.6) is 5.75 Å². The maximum absolute atomic E-state index is 14.6. The minimum atomic E-state index is -0.704. The maximum Gasteiger partial charge on any atom is 0.413 e. The van der Waals surface area contributed by atoms with E-state index in [1.54, 1.807) is 62.6 Å². The highest BCUT2D eigenvalue weighted by Gasteiger charge is 2.16. The van der Waals surface area contributed by atoms with Crippen LogP contribution in [0, 0.1) is 12.7 Å². The van der Waals surface area contributed by atoms with Gasteiger partial charge in [-0.1, -0.05) is 12.1 Å². The first-order chi connectivity index (χ1) is 15.0. The smallest absolute Gasteiger partial charge is 0.410 e. The standard InChI is InChI=1S/C21H18FN7O2/c1-13-4-5-18(19(22)8-13)15-9-16(29-12-25-27-28-29)11-17(10-15)31-21(30)26-14(2)20-23-6-3-7-24-20/h3-12,14H,1-2H3,(H,26,30). The van der Waals surface area contributed by atoms with Crippen molar-refractivity contribution in [2.24, 2.45) is 0 Å². The average molecular weight is 419 g/mol. The Kier molecular flexibility index (Phi) is 5.61. The van der Waals surface area contributed by atoms with Crippen LogP contribution in [0.25, 0.3) is 16.8 Å². The predicted molar refractivity (Wildman–Crippen MR) is 109 cm³/mol. The SMILES string of the molecule is Cc1ccc(-c2cc(OC(=O)NC(C)c3ncccn3)cc(-n3cnnn3)c2)c(F)c1. The summed E-state index contributed by atoms with van der Waals surface area (Å²) in [4.78, 5) is 20.7. The molecule has 0 aliphatic rings. The molecule has 9 nitrogen and oxygen atoms in total. The van der Waals surface area contributed by atoms with E-state index >= 15 is 0 Å². The lowest BCUT2D eigenvalue weighted by Crippen LogP contribution is -2.30. The molecule has 0 saturated carbocycles. The highest BCUT2D eigenvalue weighted by molar-refractivity contribution is 5.74. The van der Waals surface area contributed by atoms with Crippen LogP contribution < -0.4 is 10.1 Å². The first-order valence-corrected chi connectivity index (χ1v) is 9.40. The van der Waals surface area contributed by atoms with E-state index in [0.29, 0.717) is 22.6 Å². The zero-order chi connectivity index (χ0) is 21.8. The molecule has 0 aliphatic carbocycles. The number of carbonyl (C=O) groups excluding carboxylic acids is 1. The van der Waals surface area contributed by atoms with E-state index in [-0.39, 0.29) is 11.6 Å². The van der Waals surface area contributed by atoms with Crippen molar-refractivity contribution in [1.29, 1.82) is 0 Å². The van der Waals surface area contributed by atoms with Gasteiger partial charge >= 0.3 is 6.09 Å². The fourth-order valence-electron chi connectivity index (χ4n) is 2.98. The van der Waals surface area contributed by atoms with Gasteiger partial charge in [-0.25, -0.2) is 23.8 Å². The van der Waals surface area contributed by atoms with Crippen molar-refractivity contribution < 1.29 is 13.9 Å². The molecule has 4 aromatic rings. The summed E-state index contributed by atoms with van der Waals surface area (Å²) in [5, 5.41) is 13.8. The second kappa shape index (κ2) is 8.66. The molecule has 1 atom stereocenters. The third kappa shape index (κ3) is 4.69. The lowest BCUT2D eigenvalue weighted by molar-refractivity contribution is 0.196. The summed E-state index contributed by atoms with van der Waals surface area (Å²) >= 11 is 0. The van der Waals surface area contributed by atoms with Crippen molar-refractivity contribution >= 4 is 6.09 Å². The number of hydrogen-bond donors (Lipinski definition) is 1. The average Bonchev–Trinajstić information content (AvgIpc) is 3.29. The molecule has 0 spiro atoms. The molecule has 2 aromatic heterocycles. The molecule has 4 rings (SSSR count). The highest BCUT2D eigenvalue weighted by Crippen LogP contribution is 2.30. The predicted octanol–water partition coefficient (Wildman–Crippen LogP) is 3.42. The van der Waals surface area contributed by atoms with Gasteiger partial charge in [-0.3, -0.25) is 0 Å². The Morgan fingerprint density at radius 1 is 1.16 bits per heavy atom. The zero-order valence-corrected chi connectivity index (χ0v) is 16.7. The number of nitrogens with one attached hydrogen (secondary N) is 1. The van der Waals surface area contributed by atoms with Gasteiger partial charge in [0.15, 0.2) is 0 Å². The fraction of sp³-hybridized carbons (Fsp3) is 0.143. The monoisotopic (exact) mass is 419 g/mol. The molecule has 1 amide bonds. The Labute approximate surface area is 176 Å². The van der Waals surface area contributed by atoms with Crippen molar-refractivity contribution in [1.82, 2.24) is 35.5 Å². The Morgan fingerprint density at radius 3 is 2.68 bits per heavy atom. The van der Waals surface area contributed by atoms with Crippen LogP contribution in [0.3, 0.4) is 0 Å². The molecule has 1 N–H and O–H groups in total. The van der Waals surface area contributed by atoms with Gasteiger partial charge in [0, 0.05) is 24.0 Å². The van der Waals surface area contributed by atoms with E-state index in [9.17, 15) is 9.18 Å². The number of tetrazole rings is 1. The van der Waals surface area contributed by atoms with Gasteiger partial charge in [0.05, 0.1) is 11.7 Å². The number of ether oxygens (including phenoxy) is 1. The quantitative estimate of drug-likeness (QED) is 0.528. The van der Waals surface area contributed by atoms with Crippen LogP contribution in [0.1, 0.15) is 24.4 Å². The Morgan fingerprint density at radius 2 is 1.97 bits per heavy atom. The van der Waals surface area contributed by atoms with E-state index in [1.807, 2.05) is 0 Å². The number of aromatic nitrogens is 6. The molecule has 0 bridgehead atoms. The number of rotatable bonds is 5. The van der Waals surface area contributed by atoms with Crippen LogP contribution in [0.4, 0.5) is 9.18 Å². The third-order valence-electron chi connectivity index (χ3n) is 4.46. The molecular formula is C21H18FN7O2. The van der Waals surface area contributed by atoms with Crippen LogP contribution in [-0.4, -0.2) is 36.3 Å². The second-order valence-electron chi connectivity index (χ2n) is 6.82. The largest absolute Gasteiger partial charge is 0.413 e. The number of aryl methyl sites for hydroxylation is 1. The van der Waals surface area contributed by atoms with Crippen molar-refractivity contribution in [2.45, 2.75) is 19.9 Å².